The van der Waals surface area contributed by atoms with Crippen molar-refractivity contribution in [2.45, 2.75) is 68.2 Å². The summed E-state index contributed by atoms with van der Waals surface area (Å²) in [5.74, 6) is 0. The van der Waals surface area contributed by atoms with Crippen LogP contribution in [0.5, 0.6) is 0 Å². The quantitative estimate of drug-likeness (QED) is 0.503. The van der Waals surface area contributed by atoms with Crippen LogP contribution >= 0.6 is 0 Å². The SMILES string of the molecule is CC.CC.CCCC.Cc1ccccc1.Cc1ccccc1. The predicted molar refractivity (Wildman–Crippen MR) is 106 cm³/mol. The number of unbranched alkanes of at least 4 members (excludes halogenated alkanes) is 1. The first kappa shape index (κ1) is 25.4. The maximum atomic E-state index is 2.18. The molecule has 0 unspecified atom stereocenters. The molecule has 0 amide bonds. The van der Waals surface area contributed by atoms with Crippen LogP contribution in [-0.2, 0) is 0 Å². The zero-order chi connectivity index (χ0) is 17.6. The molecule has 0 bridgehead atoms. The molecule has 0 nitrogen and oxygen atoms in total. The molecule has 0 saturated carbocycles. The van der Waals surface area contributed by atoms with Gasteiger partial charge in [-0.3, -0.25) is 0 Å². The highest BCUT2D eigenvalue weighted by molar-refractivity contribution is 5.12. The van der Waals surface area contributed by atoms with Crippen LogP contribution < -0.4 is 0 Å². The molecule has 0 saturated heterocycles. The summed E-state index contributed by atoms with van der Waals surface area (Å²) in [6, 6.07) is 20.5. The van der Waals surface area contributed by atoms with E-state index < -0.39 is 0 Å². The Morgan fingerprint density at radius 2 is 0.727 bits per heavy atom. The van der Waals surface area contributed by atoms with Crippen LogP contribution in [0.1, 0.15) is 65.5 Å². The molecule has 0 aliphatic rings. The highest BCUT2D eigenvalue weighted by atomic mass is 13.8. The van der Waals surface area contributed by atoms with E-state index >= 15 is 0 Å². The summed E-state index contributed by atoms with van der Waals surface area (Å²) in [5, 5.41) is 0. The first-order valence-electron chi connectivity index (χ1n) is 8.74. The van der Waals surface area contributed by atoms with E-state index in [1.54, 1.807) is 0 Å². The van der Waals surface area contributed by atoms with Crippen molar-refractivity contribution in [3.8, 4) is 0 Å². The number of rotatable bonds is 1. The third-order valence-electron chi connectivity index (χ3n) is 2.38. The minimum absolute atomic E-state index is 1.32. The number of hydrogen-bond donors (Lipinski definition) is 0. The van der Waals surface area contributed by atoms with Gasteiger partial charge in [0.05, 0.1) is 0 Å². The standard InChI is InChI=1S/2C7H8.C4H10.2C2H6/c2*1-7-5-3-2-4-6-7;1-3-4-2;2*1-2/h2*2-6H,1H3;3-4H2,1-2H3;2*1-2H3. The van der Waals surface area contributed by atoms with Gasteiger partial charge in [-0.2, -0.15) is 0 Å². The highest BCUT2D eigenvalue weighted by Gasteiger charge is 1.72. The van der Waals surface area contributed by atoms with Crippen molar-refractivity contribution >= 4 is 0 Å². The Kier molecular flexibility index (Phi) is 28.2. The predicted octanol–water partition coefficient (Wildman–Crippen LogP) is 7.85. The van der Waals surface area contributed by atoms with Crippen LogP contribution in [0.2, 0.25) is 0 Å². The van der Waals surface area contributed by atoms with Gasteiger partial charge in [0.25, 0.3) is 0 Å². The highest BCUT2D eigenvalue weighted by Crippen LogP contribution is 1.92. The first-order chi connectivity index (χ1) is 10.7. The monoisotopic (exact) mass is 302 g/mol. The minimum atomic E-state index is 1.32. The van der Waals surface area contributed by atoms with E-state index in [2.05, 4.69) is 52.0 Å². The zero-order valence-corrected chi connectivity index (χ0v) is 16.2. The molecule has 0 atom stereocenters. The normalized spacial score (nSPS) is 7.45. The van der Waals surface area contributed by atoms with Crippen molar-refractivity contribution in [2.24, 2.45) is 0 Å². The molecule has 126 valence electrons. The molecule has 2 aromatic rings. The van der Waals surface area contributed by atoms with Crippen molar-refractivity contribution in [3.05, 3.63) is 71.8 Å². The van der Waals surface area contributed by atoms with Gasteiger partial charge < -0.3 is 0 Å². The number of benzene rings is 2. The van der Waals surface area contributed by atoms with Crippen molar-refractivity contribution < 1.29 is 0 Å². The average Bonchev–Trinajstić information content (AvgIpc) is 2.61. The first-order valence-corrected chi connectivity index (χ1v) is 8.74. The van der Waals surface area contributed by atoms with E-state index in [1.165, 1.54) is 24.0 Å². The van der Waals surface area contributed by atoms with Gasteiger partial charge in [0.2, 0.25) is 0 Å². The molecule has 2 rings (SSSR count). The van der Waals surface area contributed by atoms with Crippen LogP contribution in [0.3, 0.4) is 0 Å². The van der Waals surface area contributed by atoms with Gasteiger partial charge in [-0.25, -0.2) is 0 Å². The maximum absolute atomic E-state index is 2.18. The van der Waals surface area contributed by atoms with Crippen LogP contribution in [-0.4, -0.2) is 0 Å². The van der Waals surface area contributed by atoms with Gasteiger partial charge in [0.15, 0.2) is 0 Å². The molecule has 0 N–H and O–H groups in total. The third kappa shape index (κ3) is 23.5. The molecule has 2 aromatic carbocycles. The molecule has 0 heteroatoms. The molecular formula is C22H38. The lowest BCUT2D eigenvalue weighted by Crippen LogP contribution is -1.62. The summed E-state index contributed by atoms with van der Waals surface area (Å²) in [7, 11) is 0. The van der Waals surface area contributed by atoms with Crippen LogP contribution in [0.25, 0.3) is 0 Å². The van der Waals surface area contributed by atoms with Gasteiger partial charge in [-0.05, 0) is 13.8 Å². The lowest BCUT2D eigenvalue weighted by molar-refractivity contribution is 0.886. The van der Waals surface area contributed by atoms with Crippen LogP contribution in [0, 0.1) is 13.8 Å². The largest absolute Gasteiger partial charge is 0.0683 e. The Bertz CT molecular complexity index is 322. The van der Waals surface area contributed by atoms with E-state index in [1.807, 2.05) is 64.1 Å². The molecule has 0 radical (unpaired) electrons. The molecular weight excluding hydrogens is 264 g/mol. The minimum Gasteiger partial charge on any atom is -0.0683 e. The van der Waals surface area contributed by atoms with E-state index in [0.29, 0.717) is 0 Å². The second kappa shape index (κ2) is 24.5. The van der Waals surface area contributed by atoms with Crippen molar-refractivity contribution in [3.63, 3.8) is 0 Å². The molecule has 22 heavy (non-hydrogen) atoms. The summed E-state index contributed by atoms with van der Waals surface area (Å²) in [6.07, 6.45) is 2.64. The molecule has 0 aliphatic heterocycles. The Morgan fingerprint density at radius 1 is 0.500 bits per heavy atom. The van der Waals surface area contributed by atoms with Crippen molar-refractivity contribution in [2.75, 3.05) is 0 Å². The van der Waals surface area contributed by atoms with Crippen molar-refractivity contribution in [1.29, 1.82) is 0 Å². The number of hydrogen-bond acceptors (Lipinski definition) is 0. The molecule has 0 heterocycles. The number of aryl methyl sites for hydroxylation is 2. The summed E-state index contributed by atoms with van der Waals surface area (Å²) in [4.78, 5) is 0. The van der Waals surface area contributed by atoms with E-state index in [4.69, 9.17) is 0 Å². The molecule has 0 spiro atoms. The van der Waals surface area contributed by atoms with E-state index in [9.17, 15) is 0 Å². The van der Waals surface area contributed by atoms with Gasteiger partial charge in [0, 0.05) is 0 Å². The second-order valence-electron chi connectivity index (χ2n) is 4.31. The topological polar surface area (TPSA) is 0 Å². The summed E-state index contributed by atoms with van der Waals surface area (Å²) < 4.78 is 0. The van der Waals surface area contributed by atoms with E-state index in [0.717, 1.165) is 0 Å². The van der Waals surface area contributed by atoms with Gasteiger partial charge in [-0.1, -0.05) is 126 Å². The molecule has 0 aromatic heterocycles. The van der Waals surface area contributed by atoms with Gasteiger partial charge >= 0.3 is 0 Å². The fourth-order valence-corrected chi connectivity index (χ4v) is 1.07. The van der Waals surface area contributed by atoms with Gasteiger partial charge in [-0.15, -0.1) is 0 Å². The van der Waals surface area contributed by atoms with Crippen LogP contribution in [0.15, 0.2) is 60.7 Å². The second-order valence-corrected chi connectivity index (χ2v) is 4.31. The van der Waals surface area contributed by atoms with E-state index in [-0.39, 0.29) is 0 Å². The lowest BCUT2D eigenvalue weighted by Gasteiger charge is -1.82. The third-order valence-corrected chi connectivity index (χ3v) is 2.38. The smallest absolute Gasteiger partial charge is 0.0398 e. The molecule has 0 fully saturated rings. The molecule has 0 aliphatic carbocycles. The average molecular weight is 303 g/mol. The van der Waals surface area contributed by atoms with Crippen molar-refractivity contribution in [1.82, 2.24) is 0 Å². The Morgan fingerprint density at radius 3 is 0.818 bits per heavy atom. The summed E-state index contributed by atoms with van der Waals surface area (Å²) in [5.41, 5.74) is 2.64. The zero-order valence-electron chi connectivity index (χ0n) is 16.2. The summed E-state index contributed by atoms with van der Waals surface area (Å²) in [6.45, 7) is 16.5. The Labute approximate surface area is 140 Å². The fourth-order valence-electron chi connectivity index (χ4n) is 1.07. The Balaban J connectivity index is -0.000000228. The maximum Gasteiger partial charge on any atom is -0.0398 e. The fraction of sp³-hybridized carbons (Fsp3) is 0.455. The lowest BCUT2D eigenvalue weighted by atomic mass is 10.2. The Hall–Kier alpha value is -1.56. The summed E-state index contributed by atoms with van der Waals surface area (Å²) >= 11 is 0. The van der Waals surface area contributed by atoms with Crippen LogP contribution in [0.4, 0.5) is 0 Å². The van der Waals surface area contributed by atoms with Gasteiger partial charge in [0.1, 0.15) is 0 Å².